The average molecular weight is 190 g/mol. The third-order valence-corrected chi connectivity index (χ3v) is 2.35. The van der Waals surface area contributed by atoms with Crippen LogP contribution < -0.4 is 0 Å². The van der Waals surface area contributed by atoms with E-state index in [9.17, 15) is 4.79 Å². The maximum atomic E-state index is 10.6. The molecule has 0 aliphatic rings. The van der Waals surface area contributed by atoms with Gasteiger partial charge in [0.15, 0.2) is 0 Å². The highest BCUT2D eigenvalue weighted by Crippen LogP contribution is 2.15. The van der Waals surface area contributed by atoms with E-state index in [1.165, 1.54) is 5.56 Å². The predicted octanol–water partition coefficient (Wildman–Crippen LogP) is 3.19. The first kappa shape index (κ1) is 11.0. The largest absolute Gasteiger partial charge is 0.303 e. The summed E-state index contributed by atoms with van der Waals surface area (Å²) in [6, 6.07) is 8.35. The molecule has 0 heterocycles. The summed E-state index contributed by atoms with van der Waals surface area (Å²) in [4.78, 5) is 10.6. The van der Waals surface area contributed by atoms with Crippen molar-refractivity contribution in [1.29, 1.82) is 0 Å². The number of hydrogen-bond acceptors (Lipinski definition) is 1. The second-order valence-electron chi connectivity index (χ2n) is 4.26. The van der Waals surface area contributed by atoms with Crippen LogP contribution in [0.4, 0.5) is 0 Å². The Morgan fingerprint density at radius 1 is 1.14 bits per heavy atom. The highest BCUT2D eigenvalue weighted by atomic mass is 16.1. The van der Waals surface area contributed by atoms with Crippen molar-refractivity contribution < 1.29 is 4.79 Å². The highest BCUT2D eigenvalue weighted by molar-refractivity contribution is 5.61. The number of carbonyl (C=O) groups is 1. The van der Waals surface area contributed by atoms with Crippen molar-refractivity contribution in [2.45, 2.75) is 33.1 Å². The molecule has 0 aliphatic heterocycles. The van der Waals surface area contributed by atoms with Gasteiger partial charge in [-0.05, 0) is 23.5 Å². The first-order valence-corrected chi connectivity index (χ1v) is 5.17. The first-order chi connectivity index (χ1) is 6.63. The Bertz CT molecular complexity index is 285. The Morgan fingerprint density at radius 3 is 2.14 bits per heavy atom. The Morgan fingerprint density at radius 2 is 1.71 bits per heavy atom. The normalized spacial score (nSPS) is 12.9. The molecule has 0 unspecified atom stereocenters. The van der Waals surface area contributed by atoms with Crippen LogP contribution in [-0.2, 0) is 11.2 Å². The summed E-state index contributed by atoms with van der Waals surface area (Å²) in [5, 5.41) is 0. The highest BCUT2D eigenvalue weighted by Gasteiger charge is 2.03. The van der Waals surface area contributed by atoms with Gasteiger partial charge in [-0.1, -0.05) is 45.0 Å². The van der Waals surface area contributed by atoms with Gasteiger partial charge in [0.05, 0.1) is 0 Å². The molecular formula is C13H18O. The number of rotatable bonds is 4. The molecule has 0 bridgehead atoms. The average Bonchev–Trinajstić information content (AvgIpc) is 2.17. The predicted molar refractivity (Wildman–Crippen MR) is 59.5 cm³/mol. The maximum Gasteiger partial charge on any atom is 0.127 e. The summed E-state index contributed by atoms with van der Waals surface area (Å²) in [5.74, 6) is 0.701. The van der Waals surface area contributed by atoms with Crippen LogP contribution in [-0.4, -0.2) is 6.29 Å². The molecule has 1 atom stereocenters. The fourth-order valence-corrected chi connectivity index (χ4v) is 1.51. The van der Waals surface area contributed by atoms with E-state index in [0.29, 0.717) is 5.92 Å². The first-order valence-electron chi connectivity index (χ1n) is 5.17. The summed E-state index contributed by atoms with van der Waals surface area (Å²) >= 11 is 0. The minimum atomic E-state index is 0.0168. The zero-order valence-electron chi connectivity index (χ0n) is 9.16. The van der Waals surface area contributed by atoms with Gasteiger partial charge >= 0.3 is 0 Å². The monoisotopic (exact) mass is 190 g/mol. The molecule has 76 valence electrons. The minimum absolute atomic E-state index is 0.0168. The van der Waals surface area contributed by atoms with Gasteiger partial charge in [-0.25, -0.2) is 0 Å². The molecule has 1 aromatic carbocycles. The summed E-state index contributed by atoms with van der Waals surface area (Å²) in [6.45, 7) is 6.34. The van der Waals surface area contributed by atoms with Crippen LogP contribution in [0.15, 0.2) is 24.3 Å². The van der Waals surface area contributed by atoms with Crippen molar-refractivity contribution in [1.82, 2.24) is 0 Å². The molecule has 1 aromatic rings. The molecule has 0 fully saturated rings. The standard InChI is InChI=1S/C13H18O/c1-10(2)8-12-4-6-13(7-5-12)11(3)9-14/h4-7,9-11H,8H2,1-3H3/t11-/m1/s1. The molecule has 1 rings (SSSR count). The number of carbonyl (C=O) groups excluding carboxylic acids is 1. The van der Waals surface area contributed by atoms with Crippen molar-refractivity contribution in [3.05, 3.63) is 35.4 Å². The van der Waals surface area contributed by atoms with E-state index in [2.05, 4.69) is 38.1 Å². The topological polar surface area (TPSA) is 17.1 Å². The lowest BCUT2D eigenvalue weighted by Crippen LogP contribution is -1.97. The molecule has 0 radical (unpaired) electrons. The molecule has 1 nitrogen and oxygen atoms in total. The van der Waals surface area contributed by atoms with Gasteiger partial charge in [0.25, 0.3) is 0 Å². The van der Waals surface area contributed by atoms with Crippen LogP contribution >= 0.6 is 0 Å². The van der Waals surface area contributed by atoms with E-state index >= 15 is 0 Å². The number of aldehydes is 1. The second kappa shape index (κ2) is 4.94. The van der Waals surface area contributed by atoms with Gasteiger partial charge in [0, 0.05) is 5.92 Å². The Kier molecular flexibility index (Phi) is 3.87. The zero-order valence-corrected chi connectivity index (χ0v) is 9.16. The third kappa shape index (κ3) is 2.99. The zero-order chi connectivity index (χ0) is 10.6. The molecular weight excluding hydrogens is 172 g/mol. The van der Waals surface area contributed by atoms with Gasteiger partial charge in [-0.15, -0.1) is 0 Å². The summed E-state index contributed by atoms with van der Waals surface area (Å²) in [5.41, 5.74) is 2.45. The minimum Gasteiger partial charge on any atom is -0.303 e. The smallest absolute Gasteiger partial charge is 0.127 e. The maximum absolute atomic E-state index is 10.6. The molecule has 14 heavy (non-hydrogen) atoms. The van der Waals surface area contributed by atoms with Crippen molar-refractivity contribution in [2.75, 3.05) is 0 Å². The summed E-state index contributed by atoms with van der Waals surface area (Å²) < 4.78 is 0. The SMILES string of the molecule is CC(C)Cc1ccc([C@H](C)C=O)cc1. The fourth-order valence-electron chi connectivity index (χ4n) is 1.51. The van der Waals surface area contributed by atoms with Gasteiger partial charge in [-0.2, -0.15) is 0 Å². The Balaban J connectivity index is 2.73. The lowest BCUT2D eigenvalue weighted by atomic mass is 9.98. The van der Waals surface area contributed by atoms with E-state index in [-0.39, 0.29) is 5.92 Å². The molecule has 0 saturated carbocycles. The molecule has 0 saturated heterocycles. The van der Waals surface area contributed by atoms with Gasteiger partial charge in [0.2, 0.25) is 0 Å². The van der Waals surface area contributed by atoms with Gasteiger partial charge < -0.3 is 4.79 Å². The van der Waals surface area contributed by atoms with Gasteiger partial charge in [-0.3, -0.25) is 0 Å². The lowest BCUT2D eigenvalue weighted by Gasteiger charge is -2.07. The quantitative estimate of drug-likeness (QED) is 0.666. The van der Waals surface area contributed by atoms with Crippen LogP contribution in [0.25, 0.3) is 0 Å². The van der Waals surface area contributed by atoms with Crippen LogP contribution in [0.1, 0.15) is 37.8 Å². The van der Waals surface area contributed by atoms with E-state index in [1.54, 1.807) is 0 Å². The van der Waals surface area contributed by atoms with Crippen LogP contribution in [0.2, 0.25) is 0 Å². The van der Waals surface area contributed by atoms with Crippen molar-refractivity contribution in [2.24, 2.45) is 5.92 Å². The molecule has 0 amide bonds. The van der Waals surface area contributed by atoms with Gasteiger partial charge in [0.1, 0.15) is 6.29 Å². The fraction of sp³-hybridized carbons (Fsp3) is 0.462. The molecule has 1 heteroatoms. The summed E-state index contributed by atoms with van der Waals surface area (Å²) in [7, 11) is 0. The molecule has 0 aliphatic carbocycles. The third-order valence-electron chi connectivity index (χ3n) is 2.35. The lowest BCUT2D eigenvalue weighted by molar-refractivity contribution is -0.108. The van der Waals surface area contributed by atoms with Crippen molar-refractivity contribution in [3.63, 3.8) is 0 Å². The van der Waals surface area contributed by atoms with E-state index in [1.807, 2.05) is 6.92 Å². The van der Waals surface area contributed by atoms with Crippen LogP contribution in [0.5, 0.6) is 0 Å². The molecule has 0 N–H and O–H groups in total. The van der Waals surface area contributed by atoms with Crippen molar-refractivity contribution in [3.8, 4) is 0 Å². The molecule has 0 aromatic heterocycles. The molecule has 0 spiro atoms. The Hall–Kier alpha value is -1.11. The van der Waals surface area contributed by atoms with E-state index in [0.717, 1.165) is 18.3 Å². The van der Waals surface area contributed by atoms with Crippen molar-refractivity contribution >= 4 is 6.29 Å². The van der Waals surface area contributed by atoms with Crippen LogP contribution in [0.3, 0.4) is 0 Å². The summed E-state index contributed by atoms with van der Waals surface area (Å²) in [6.07, 6.45) is 2.09. The van der Waals surface area contributed by atoms with Crippen LogP contribution in [0, 0.1) is 5.92 Å². The second-order valence-corrected chi connectivity index (χ2v) is 4.26. The van der Waals surface area contributed by atoms with E-state index in [4.69, 9.17) is 0 Å². The Labute approximate surface area is 86.1 Å². The number of hydrogen-bond donors (Lipinski definition) is 0. The van der Waals surface area contributed by atoms with E-state index < -0.39 is 0 Å². The number of benzene rings is 1.